The van der Waals surface area contributed by atoms with Gasteiger partial charge in [0.25, 0.3) is 5.91 Å². The standard InChI is InChI=1S/C27H26N2O5/c1-32-21-9-5-8-20(13-21)27(31)29-15-22(19-6-3-2-4-7-19)23(16-29)26(30)28-14-18-10-11-24-25(12-18)34-17-33-24/h2-13,22-23H,14-17H2,1H3,(H,28,30). The second-order valence-electron chi connectivity index (χ2n) is 8.47. The van der Waals surface area contributed by atoms with Gasteiger partial charge in [0.2, 0.25) is 12.7 Å². The van der Waals surface area contributed by atoms with Gasteiger partial charge in [0, 0.05) is 31.1 Å². The molecule has 0 saturated carbocycles. The van der Waals surface area contributed by atoms with Crippen LogP contribution in [-0.2, 0) is 11.3 Å². The minimum atomic E-state index is -0.356. The van der Waals surface area contributed by atoms with E-state index in [1.807, 2.05) is 48.5 Å². The molecule has 0 aliphatic carbocycles. The smallest absolute Gasteiger partial charge is 0.254 e. The Balaban J connectivity index is 1.33. The highest BCUT2D eigenvalue weighted by Gasteiger charge is 2.40. The molecule has 7 heteroatoms. The van der Waals surface area contributed by atoms with Crippen LogP contribution in [0, 0.1) is 5.92 Å². The molecule has 3 aromatic carbocycles. The van der Waals surface area contributed by atoms with E-state index in [0.717, 1.165) is 11.1 Å². The highest BCUT2D eigenvalue weighted by Crippen LogP contribution is 2.35. The molecule has 2 amide bonds. The van der Waals surface area contributed by atoms with Crippen molar-refractivity contribution in [3.8, 4) is 17.2 Å². The molecule has 2 unspecified atom stereocenters. The lowest BCUT2D eigenvalue weighted by Crippen LogP contribution is -2.35. The fourth-order valence-electron chi connectivity index (χ4n) is 4.58. The van der Waals surface area contributed by atoms with Gasteiger partial charge in [-0.25, -0.2) is 0 Å². The van der Waals surface area contributed by atoms with Gasteiger partial charge in [-0.05, 0) is 41.5 Å². The molecule has 0 bridgehead atoms. The first kappa shape index (κ1) is 21.8. The molecule has 0 spiro atoms. The molecule has 34 heavy (non-hydrogen) atoms. The molecule has 174 valence electrons. The average Bonchev–Trinajstić information content (AvgIpc) is 3.54. The average molecular weight is 459 g/mol. The van der Waals surface area contributed by atoms with Crippen molar-refractivity contribution >= 4 is 11.8 Å². The Kier molecular flexibility index (Phi) is 6.08. The zero-order chi connectivity index (χ0) is 23.5. The number of amides is 2. The fourth-order valence-corrected chi connectivity index (χ4v) is 4.58. The van der Waals surface area contributed by atoms with Crippen LogP contribution in [0.4, 0.5) is 0 Å². The molecule has 2 aliphatic heterocycles. The fraction of sp³-hybridized carbons (Fsp3) is 0.259. The maximum atomic E-state index is 13.3. The second-order valence-corrected chi connectivity index (χ2v) is 8.47. The molecule has 0 radical (unpaired) electrons. The molecule has 0 aromatic heterocycles. The Morgan fingerprint density at radius 2 is 1.79 bits per heavy atom. The van der Waals surface area contributed by atoms with Crippen LogP contribution >= 0.6 is 0 Å². The third-order valence-electron chi connectivity index (χ3n) is 6.39. The predicted octanol–water partition coefficient (Wildman–Crippen LogP) is 3.60. The number of carbonyl (C=O) groups is 2. The number of fused-ring (bicyclic) bond motifs is 1. The summed E-state index contributed by atoms with van der Waals surface area (Å²) in [6.45, 7) is 1.41. The molecular weight excluding hydrogens is 432 g/mol. The number of methoxy groups -OCH3 is 1. The highest BCUT2D eigenvalue weighted by molar-refractivity contribution is 5.95. The van der Waals surface area contributed by atoms with Crippen LogP contribution < -0.4 is 19.5 Å². The first-order chi connectivity index (χ1) is 16.6. The van der Waals surface area contributed by atoms with Crippen LogP contribution in [-0.4, -0.2) is 43.7 Å². The Morgan fingerprint density at radius 1 is 0.971 bits per heavy atom. The molecule has 2 atom stereocenters. The van der Waals surface area contributed by atoms with E-state index in [1.54, 1.807) is 36.3 Å². The predicted molar refractivity (Wildman–Crippen MR) is 126 cm³/mol. The molecule has 1 saturated heterocycles. The Hall–Kier alpha value is -4.00. The summed E-state index contributed by atoms with van der Waals surface area (Å²) in [4.78, 5) is 28.3. The van der Waals surface area contributed by atoms with Crippen molar-refractivity contribution in [2.75, 3.05) is 27.0 Å². The third-order valence-corrected chi connectivity index (χ3v) is 6.39. The largest absolute Gasteiger partial charge is 0.497 e. The molecule has 2 aliphatic rings. The summed E-state index contributed by atoms with van der Waals surface area (Å²) in [5.74, 6) is 1.39. The van der Waals surface area contributed by atoms with Gasteiger partial charge in [-0.15, -0.1) is 0 Å². The lowest BCUT2D eigenvalue weighted by Gasteiger charge is -2.18. The first-order valence-corrected chi connectivity index (χ1v) is 11.3. The van der Waals surface area contributed by atoms with Gasteiger partial charge in [-0.2, -0.15) is 0 Å². The first-order valence-electron chi connectivity index (χ1n) is 11.3. The van der Waals surface area contributed by atoms with Crippen LogP contribution in [0.25, 0.3) is 0 Å². The van der Waals surface area contributed by atoms with Gasteiger partial charge in [0.1, 0.15) is 5.75 Å². The molecule has 2 heterocycles. The molecule has 1 N–H and O–H groups in total. The summed E-state index contributed by atoms with van der Waals surface area (Å²) >= 11 is 0. The molecule has 1 fully saturated rings. The van der Waals surface area contributed by atoms with Crippen molar-refractivity contribution < 1.29 is 23.8 Å². The van der Waals surface area contributed by atoms with Gasteiger partial charge >= 0.3 is 0 Å². The van der Waals surface area contributed by atoms with Gasteiger partial charge in [0.05, 0.1) is 13.0 Å². The van der Waals surface area contributed by atoms with E-state index >= 15 is 0 Å². The van der Waals surface area contributed by atoms with Crippen molar-refractivity contribution in [3.05, 3.63) is 89.5 Å². The maximum absolute atomic E-state index is 13.3. The topological polar surface area (TPSA) is 77.1 Å². The van der Waals surface area contributed by atoms with Gasteiger partial charge < -0.3 is 24.4 Å². The zero-order valence-corrected chi connectivity index (χ0v) is 18.9. The number of rotatable bonds is 6. The van der Waals surface area contributed by atoms with Crippen molar-refractivity contribution in [2.45, 2.75) is 12.5 Å². The van der Waals surface area contributed by atoms with Crippen LogP contribution in [0.15, 0.2) is 72.8 Å². The van der Waals surface area contributed by atoms with Crippen molar-refractivity contribution in [1.29, 1.82) is 0 Å². The quantitative estimate of drug-likeness (QED) is 0.611. The lowest BCUT2D eigenvalue weighted by molar-refractivity contribution is -0.125. The van der Waals surface area contributed by atoms with Crippen LogP contribution in [0.2, 0.25) is 0 Å². The number of benzene rings is 3. The summed E-state index contributed by atoms with van der Waals surface area (Å²) in [7, 11) is 1.57. The number of nitrogens with one attached hydrogen (secondary N) is 1. The molecule has 7 nitrogen and oxygen atoms in total. The van der Waals surface area contributed by atoms with E-state index in [9.17, 15) is 9.59 Å². The summed E-state index contributed by atoms with van der Waals surface area (Å²) in [6, 6.07) is 22.7. The highest BCUT2D eigenvalue weighted by atomic mass is 16.7. The molecule has 5 rings (SSSR count). The third kappa shape index (κ3) is 4.41. The van der Waals surface area contributed by atoms with Crippen molar-refractivity contribution in [3.63, 3.8) is 0 Å². The minimum Gasteiger partial charge on any atom is -0.497 e. The number of nitrogens with zero attached hydrogens (tertiary/aromatic N) is 1. The van der Waals surface area contributed by atoms with Crippen LogP contribution in [0.3, 0.4) is 0 Å². The second kappa shape index (κ2) is 9.47. The van der Waals surface area contributed by atoms with E-state index < -0.39 is 0 Å². The Morgan fingerprint density at radius 3 is 2.62 bits per heavy atom. The lowest BCUT2D eigenvalue weighted by atomic mass is 9.88. The number of likely N-dealkylation sites (tertiary alicyclic amines) is 1. The summed E-state index contributed by atoms with van der Waals surface area (Å²) in [5, 5.41) is 3.06. The number of ether oxygens (including phenoxy) is 3. The van der Waals surface area contributed by atoms with E-state index in [1.165, 1.54) is 0 Å². The van der Waals surface area contributed by atoms with E-state index in [0.29, 0.717) is 42.4 Å². The minimum absolute atomic E-state index is 0.0764. The normalized spacial score (nSPS) is 18.6. The van der Waals surface area contributed by atoms with Crippen molar-refractivity contribution in [2.24, 2.45) is 5.92 Å². The van der Waals surface area contributed by atoms with E-state index in [2.05, 4.69) is 5.32 Å². The maximum Gasteiger partial charge on any atom is 0.254 e. The number of hydrogen-bond acceptors (Lipinski definition) is 5. The van der Waals surface area contributed by atoms with E-state index in [4.69, 9.17) is 14.2 Å². The SMILES string of the molecule is COc1cccc(C(=O)N2CC(C(=O)NCc3ccc4c(c3)OCO4)C(c3ccccc3)C2)c1. The Labute approximate surface area is 198 Å². The molecule has 3 aromatic rings. The number of hydrogen-bond donors (Lipinski definition) is 1. The van der Waals surface area contributed by atoms with Crippen molar-refractivity contribution in [1.82, 2.24) is 10.2 Å². The summed E-state index contributed by atoms with van der Waals surface area (Å²) in [6.07, 6.45) is 0. The number of carbonyl (C=O) groups excluding carboxylic acids is 2. The molecular formula is C27H26N2O5. The van der Waals surface area contributed by atoms with Gasteiger partial charge in [-0.1, -0.05) is 42.5 Å². The monoisotopic (exact) mass is 458 g/mol. The van der Waals surface area contributed by atoms with Gasteiger partial charge in [0.15, 0.2) is 11.5 Å². The summed E-state index contributed by atoms with van der Waals surface area (Å²) in [5.41, 5.74) is 2.52. The Bertz CT molecular complexity index is 1200. The van der Waals surface area contributed by atoms with Gasteiger partial charge in [-0.3, -0.25) is 9.59 Å². The van der Waals surface area contributed by atoms with Crippen LogP contribution in [0.5, 0.6) is 17.2 Å². The van der Waals surface area contributed by atoms with Crippen LogP contribution in [0.1, 0.15) is 27.4 Å². The summed E-state index contributed by atoms with van der Waals surface area (Å²) < 4.78 is 16.1. The van der Waals surface area contributed by atoms with E-state index in [-0.39, 0.29) is 30.4 Å². The zero-order valence-electron chi connectivity index (χ0n) is 18.9.